The van der Waals surface area contributed by atoms with E-state index in [2.05, 4.69) is 0 Å². The predicted molar refractivity (Wildman–Crippen MR) is 93.2 cm³/mol. The van der Waals surface area contributed by atoms with E-state index in [1.54, 1.807) is 7.11 Å². The van der Waals surface area contributed by atoms with Gasteiger partial charge in [-0.2, -0.15) is 0 Å². The van der Waals surface area contributed by atoms with Gasteiger partial charge in [-0.25, -0.2) is 0 Å². The molecule has 2 aromatic carbocycles. The summed E-state index contributed by atoms with van der Waals surface area (Å²) in [6.07, 6.45) is 1.31. The first-order chi connectivity index (χ1) is 11.6. The fraction of sp³-hybridized carbons (Fsp3) is 0.350. The number of carbonyl (C=O) groups is 1. The first-order valence-electron chi connectivity index (χ1n) is 8.16. The second kappa shape index (κ2) is 9.08. The van der Waals surface area contributed by atoms with Gasteiger partial charge in [-0.1, -0.05) is 42.5 Å². The van der Waals surface area contributed by atoms with Crippen LogP contribution in [0.5, 0.6) is 5.75 Å². The summed E-state index contributed by atoms with van der Waals surface area (Å²) in [6, 6.07) is 17.3. The van der Waals surface area contributed by atoms with Crippen molar-refractivity contribution in [3.63, 3.8) is 0 Å². The molecule has 0 bridgehead atoms. The first-order valence-corrected chi connectivity index (χ1v) is 8.16. The van der Waals surface area contributed by atoms with Gasteiger partial charge in [0.25, 0.3) is 0 Å². The van der Waals surface area contributed by atoms with Crippen molar-refractivity contribution < 1.29 is 19.7 Å². The van der Waals surface area contributed by atoms with Crippen LogP contribution in [0, 0.1) is 5.92 Å². The molecule has 4 nitrogen and oxygen atoms in total. The summed E-state index contributed by atoms with van der Waals surface area (Å²) in [5.74, 6) is -0.777. The zero-order chi connectivity index (χ0) is 17.4. The van der Waals surface area contributed by atoms with Gasteiger partial charge < -0.3 is 14.9 Å². The number of aliphatic hydroxyl groups excluding tert-OH is 1. The molecular weight excluding hydrogens is 304 g/mol. The molecule has 0 heterocycles. The smallest absolute Gasteiger partial charge is 0.306 e. The van der Waals surface area contributed by atoms with Crippen molar-refractivity contribution in [3.05, 3.63) is 65.7 Å². The maximum Gasteiger partial charge on any atom is 0.306 e. The Kier molecular flexibility index (Phi) is 6.82. The number of ether oxygens (including phenoxy) is 1. The summed E-state index contributed by atoms with van der Waals surface area (Å²) < 4.78 is 5.17. The summed E-state index contributed by atoms with van der Waals surface area (Å²) in [4.78, 5) is 11.5. The van der Waals surface area contributed by atoms with Gasteiger partial charge in [0.15, 0.2) is 0 Å². The van der Waals surface area contributed by atoms with Crippen LogP contribution in [0.1, 0.15) is 24.0 Å². The monoisotopic (exact) mass is 328 g/mol. The maximum absolute atomic E-state index is 11.5. The average Bonchev–Trinajstić information content (AvgIpc) is 2.60. The van der Waals surface area contributed by atoms with Crippen LogP contribution in [0.3, 0.4) is 0 Å². The first kappa shape index (κ1) is 18.0. The highest BCUT2D eigenvalue weighted by atomic mass is 16.5. The molecule has 0 unspecified atom stereocenters. The van der Waals surface area contributed by atoms with Crippen molar-refractivity contribution in [2.45, 2.75) is 31.8 Å². The van der Waals surface area contributed by atoms with E-state index in [9.17, 15) is 15.0 Å². The molecule has 2 aromatic rings. The largest absolute Gasteiger partial charge is 0.497 e. The summed E-state index contributed by atoms with van der Waals surface area (Å²) >= 11 is 0. The van der Waals surface area contributed by atoms with Gasteiger partial charge >= 0.3 is 5.97 Å². The van der Waals surface area contributed by atoms with Crippen molar-refractivity contribution >= 4 is 5.97 Å². The molecule has 0 amide bonds. The van der Waals surface area contributed by atoms with E-state index in [1.165, 1.54) is 0 Å². The topological polar surface area (TPSA) is 66.8 Å². The van der Waals surface area contributed by atoms with Crippen molar-refractivity contribution in [3.8, 4) is 5.75 Å². The number of aryl methyl sites for hydroxylation is 1. The van der Waals surface area contributed by atoms with Crippen LogP contribution in [0.15, 0.2) is 54.6 Å². The SMILES string of the molecule is COc1cccc(C[C@H](C[C@@H](O)CCc2ccccc2)C(=O)O)c1. The Morgan fingerprint density at radius 3 is 2.46 bits per heavy atom. The van der Waals surface area contributed by atoms with Crippen molar-refractivity contribution in [1.29, 1.82) is 0 Å². The lowest BCUT2D eigenvalue weighted by atomic mass is 9.91. The number of rotatable bonds is 9. The minimum atomic E-state index is -0.878. The Morgan fingerprint density at radius 1 is 1.08 bits per heavy atom. The maximum atomic E-state index is 11.5. The molecule has 0 radical (unpaired) electrons. The van der Waals surface area contributed by atoms with Crippen LogP contribution in [-0.4, -0.2) is 29.4 Å². The standard InChI is InChI=1S/C20H24O4/c1-24-19-9-5-8-16(13-19)12-17(20(22)23)14-18(21)11-10-15-6-3-2-4-7-15/h2-9,13,17-18,21H,10-12,14H2,1H3,(H,22,23)/t17-,18+/m1/s1. The van der Waals surface area contributed by atoms with Gasteiger partial charge in [0, 0.05) is 0 Å². The third-order valence-electron chi connectivity index (χ3n) is 4.13. The molecule has 2 N–H and O–H groups in total. The Morgan fingerprint density at radius 2 is 1.79 bits per heavy atom. The van der Waals surface area contributed by atoms with E-state index < -0.39 is 18.0 Å². The van der Waals surface area contributed by atoms with Crippen LogP contribution in [0.2, 0.25) is 0 Å². The van der Waals surface area contributed by atoms with Crippen molar-refractivity contribution in [1.82, 2.24) is 0 Å². The third kappa shape index (κ3) is 5.70. The summed E-state index contributed by atoms with van der Waals surface area (Å²) in [5, 5.41) is 19.7. The highest BCUT2D eigenvalue weighted by molar-refractivity contribution is 5.70. The number of carboxylic acid groups (broad SMARTS) is 1. The van der Waals surface area contributed by atoms with E-state index >= 15 is 0 Å². The number of aliphatic carboxylic acids is 1. The summed E-state index contributed by atoms with van der Waals surface area (Å²) in [5.41, 5.74) is 2.05. The van der Waals surface area contributed by atoms with Crippen LogP contribution in [0.4, 0.5) is 0 Å². The number of methoxy groups -OCH3 is 1. The molecule has 128 valence electrons. The van der Waals surface area contributed by atoms with Gasteiger partial charge in [0.05, 0.1) is 19.1 Å². The molecule has 4 heteroatoms. The van der Waals surface area contributed by atoms with Crippen molar-refractivity contribution in [2.24, 2.45) is 5.92 Å². The summed E-state index contributed by atoms with van der Waals surface area (Å²) in [6.45, 7) is 0. The van der Waals surface area contributed by atoms with Gasteiger partial charge in [-0.3, -0.25) is 4.79 Å². The zero-order valence-electron chi connectivity index (χ0n) is 13.9. The molecule has 2 rings (SSSR count). The van der Waals surface area contributed by atoms with Crippen LogP contribution >= 0.6 is 0 Å². The Balaban J connectivity index is 1.91. The molecule has 0 saturated heterocycles. The minimum Gasteiger partial charge on any atom is -0.497 e. The second-order valence-corrected chi connectivity index (χ2v) is 6.00. The molecule has 0 spiro atoms. The van der Waals surface area contributed by atoms with E-state index in [-0.39, 0.29) is 6.42 Å². The Hall–Kier alpha value is -2.33. The quantitative estimate of drug-likeness (QED) is 0.741. The minimum absolute atomic E-state index is 0.249. The number of benzene rings is 2. The molecule has 0 aliphatic heterocycles. The zero-order valence-corrected chi connectivity index (χ0v) is 13.9. The second-order valence-electron chi connectivity index (χ2n) is 6.00. The number of hydrogen-bond acceptors (Lipinski definition) is 3. The lowest BCUT2D eigenvalue weighted by Gasteiger charge is -2.17. The molecule has 0 aliphatic rings. The lowest BCUT2D eigenvalue weighted by molar-refractivity contribution is -0.142. The predicted octanol–water partition coefficient (Wildman–Crippen LogP) is 3.32. The van der Waals surface area contributed by atoms with E-state index in [0.29, 0.717) is 18.6 Å². The Labute approximate surface area is 142 Å². The molecular formula is C20H24O4. The highest BCUT2D eigenvalue weighted by Crippen LogP contribution is 2.20. The Bertz CT molecular complexity index is 639. The van der Waals surface area contributed by atoms with E-state index in [0.717, 1.165) is 17.5 Å². The van der Waals surface area contributed by atoms with E-state index in [1.807, 2.05) is 54.6 Å². The van der Waals surface area contributed by atoms with Crippen LogP contribution in [0.25, 0.3) is 0 Å². The van der Waals surface area contributed by atoms with Gasteiger partial charge in [-0.05, 0) is 48.9 Å². The highest BCUT2D eigenvalue weighted by Gasteiger charge is 2.22. The van der Waals surface area contributed by atoms with Crippen LogP contribution < -0.4 is 4.74 Å². The fourth-order valence-corrected chi connectivity index (χ4v) is 2.78. The molecule has 0 saturated carbocycles. The van der Waals surface area contributed by atoms with E-state index in [4.69, 9.17) is 4.74 Å². The fourth-order valence-electron chi connectivity index (χ4n) is 2.78. The van der Waals surface area contributed by atoms with Gasteiger partial charge in [-0.15, -0.1) is 0 Å². The lowest BCUT2D eigenvalue weighted by Crippen LogP contribution is -2.23. The normalized spacial score (nSPS) is 13.2. The molecule has 0 aliphatic carbocycles. The molecule has 24 heavy (non-hydrogen) atoms. The number of carboxylic acids is 1. The van der Waals surface area contributed by atoms with Crippen molar-refractivity contribution in [2.75, 3.05) is 7.11 Å². The number of aliphatic hydroxyl groups is 1. The molecule has 0 fully saturated rings. The summed E-state index contributed by atoms with van der Waals surface area (Å²) in [7, 11) is 1.58. The molecule has 2 atom stereocenters. The third-order valence-corrected chi connectivity index (χ3v) is 4.13. The van der Waals surface area contributed by atoms with Gasteiger partial charge in [0.2, 0.25) is 0 Å². The van der Waals surface area contributed by atoms with Crippen LogP contribution in [-0.2, 0) is 17.6 Å². The molecule has 0 aromatic heterocycles. The number of hydrogen-bond donors (Lipinski definition) is 2. The van der Waals surface area contributed by atoms with Gasteiger partial charge in [0.1, 0.15) is 5.75 Å². The average molecular weight is 328 g/mol.